The number of sulfonamides is 1. The second kappa shape index (κ2) is 6.42. The van der Waals surface area contributed by atoms with Gasteiger partial charge in [-0.05, 0) is 32.0 Å². The van der Waals surface area contributed by atoms with Gasteiger partial charge in [-0.1, -0.05) is 6.07 Å². The number of ether oxygens (including phenoxy) is 1. The van der Waals surface area contributed by atoms with E-state index < -0.39 is 16.1 Å². The molecule has 0 heterocycles. The van der Waals surface area contributed by atoms with Crippen molar-refractivity contribution < 1.29 is 17.9 Å². The maximum Gasteiger partial charge on any atom is 0.328 e. The summed E-state index contributed by atoms with van der Waals surface area (Å²) in [6, 6.07) is 6.16. The Kier molecular flexibility index (Phi) is 5.17. The van der Waals surface area contributed by atoms with Gasteiger partial charge in [-0.3, -0.25) is 4.72 Å². The number of anilines is 2. The summed E-state index contributed by atoms with van der Waals surface area (Å²) in [5, 5.41) is 2.94. The average Bonchev–Trinajstić information content (AvgIpc) is 2.27. The highest BCUT2D eigenvalue weighted by Gasteiger charge is 2.13. The van der Waals surface area contributed by atoms with E-state index in [4.69, 9.17) is 4.74 Å². The highest BCUT2D eigenvalue weighted by atomic mass is 32.2. The molecule has 0 aliphatic heterocycles. The molecule has 19 heavy (non-hydrogen) atoms. The van der Waals surface area contributed by atoms with E-state index in [2.05, 4.69) is 10.0 Å². The molecule has 0 amide bonds. The predicted octanol–water partition coefficient (Wildman–Crippen LogP) is 1.42. The Balaban J connectivity index is 2.74. The molecule has 0 saturated carbocycles. The van der Waals surface area contributed by atoms with Gasteiger partial charge in [0.2, 0.25) is 10.0 Å². The van der Waals surface area contributed by atoms with E-state index in [1.807, 2.05) is 0 Å². The minimum absolute atomic E-state index is 0.320. The molecule has 0 unspecified atom stereocenters. The maximum absolute atomic E-state index is 11.5. The van der Waals surface area contributed by atoms with Crippen LogP contribution in [-0.2, 0) is 19.6 Å². The van der Waals surface area contributed by atoms with Crippen molar-refractivity contribution in [3.05, 3.63) is 24.3 Å². The van der Waals surface area contributed by atoms with Crippen LogP contribution in [0.2, 0.25) is 0 Å². The first-order chi connectivity index (χ1) is 8.81. The van der Waals surface area contributed by atoms with E-state index in [1.165, 1.54) is 0 Å². The van der Waals surface area contributed by atoms with Crippen molar-refractivity contribution in [2.24, 2.45) is 0 Å². The van der Waals surface area contributed by atoms with Gasteiger partial charge in [0, 0.05) is 5.69 Å². The molecule has 0 radical (unpaired) electrons. The molecular formula is C12H18N2O4S. The number of carbonyl (C=O) groups is 1. The molecule has 1 rings (SSSR count). The monoisotopic (exact) mass is 286 g/mol. The van der Waals surface area contributed by atoms with E-state index >= 15 is 0 Å². The molecule has 0 fully saturated rings. The lowest BCUT2D eigenvalue weighted by Gasteiger charge is -2.14. The molecule has 1 atom stereocenters. The minimum atomic E-state index is -3.32. The third-order valence-electron chi connectivity index (χ3n) is 2.19. The van der Waals surface area contributed by atoms with Gasteiger partial charge in [0.1, 0.15) is 6.04 Å². The van der Waals surface area contributed by atoms with Gasteiger partial charge in [0.05, 0.1) is 18.6 Å². The van der Waals surface area contributed by atoms with Crippen molar-refractivity contribution in [2.45, 2.75) is 19.9 Å². The summed E-state index contributed by atoms with van der Waals surface area (Å²) in [5.74, 6) is -0.357. The van der Waals surface area contributed by atoms with Gasteiger partial charge in [0.25, 0.3) is 0 Å². The molecule has 1 aromatic carbocycles. The Morgan fingerprint density at radius 1 is 1.37 bits per heavy atom. The van der Waals surface area contributed by atoms with Gasteiger partial charge in [0.15, 0.2) is 0 Å². The fourth-order valence-corrected chi connectivity index (χ4v) is 2.02. The van der Waals surface area contributed by atoms with Crippen LogP contribution in [0.25, 0.3) is 0 Å². The number of nitrogens with one attached hydrogen (secondary N) is 2. The fourth-order valence-electron chi connectivity index (χ4n) is 1.46. The Morgan fingerprint density at radius 2 is 2.00 bits per heavy atom. The number of hydrogen-bond acceptors (Lipinski definition) is 5. The normalized spacial score (nSPS) is 12.6. The van der Waals surface area contributed by atoms with Crippen molar-refractivity contribution in [1.29, 1.82) is 0 Å². The lowest BCUT2D eigenvalue weighted by Crippen LogP contribution is -2.28. The predicted molar refractivity (Wildman–Crippen MR) is 74.6 cm³/mol. The molecule has 0 aliphatic rings. The zero-order valence-electron chi connectivity index (χ0n) is 11.1. The van der Waals surface area contributed by atoms with Crippen LogP contribution in [0.1, 0.15) is 13.8 Å². The molecule has 106 valence electrons. The van der Waals surface area contributed by atoms with E-state index in [9.17, 15) is 13.2 Å². The topological polar surface area (TPSA) is 84.5 Å². The Hall–Kier alpha value is -1.76. The molecule has 1 aromatic rings. The number of esters is 1. The summed E-state index contributed by atoms with van der Waals surface area (Å²) in [4.78, 5) is 11.5. The average molecular weight is 286 g/mol. The van der Waals surface area contributed by atoms with Crippen molar-refractivity contribution in [2.75, 3.05) is 22.9 Å². The van der Waals surface area contributed by atoms with Gasteiger partial charge in [-0.25, -0.2) is 13.2 Å². The highest BCUT2D eigenvalue weighted by molar-refractivity contribution is 7.92. The minimum Gasteiger partial charge on any atom is -0.464 e. The smallest absolute Gasteiger partial charge is 0.328 e. The number of hydrogen-bond donors (Lipinski definition) is 2. The zero-order valence-corrected chi connectivity index (χ0v) is 12.0. The summed E-state index contributed by atoms with van der Waals surface area (Å²) in [6.45, 7) is 3.73. The van der Waals surface area contributed by atoms with Crippen LogP contribution in [-0.4, -0.2) is 33.3 Å². The molecule has 0 aromatic heterocycles. The standard InChI is InChI=1S/C12H18N2O4S/c1-4-18-12(15)9(2)13-10-6-5-7-11(8-10)14-19(3,16)17/h5-9,13-14H,4H2,1-3H3/t9-/m1/s1. The second-order valence-electron chi connectivity index (χ2n) is 4.07. The fraction of sp³-hybridized carbons (Fsp3) is 0.417. The number of rotatable bonds is 6. The summed E-state index contributed by atoms with van der Waals surface area (Å²) >= 11 is 0. The summed E-state index contributed by atoms with van der Waals surface area (Å²) < 4.78 is 29.5. The van der Waals surface area contributed by atoms with Crippen LogP contribution < -0.4 is 10.0 Å². The first kappa shape index (κ1) is 15.3. The van der Waals surface area contributed by atoms with Crippen LogP contribution >= 0.6 is 0 Å². The Morgan fingerprint density at radius 3 is 2.58 bits per heavy atom. The van der Waals surface area contributed by atoms with Crippen molar-refractivity contribution in [3.63, 3.8) is 0 Å². The number of benzene rings is 1. The molecule has 0 saturated heterocycles. The van der Waals surface area contributed by atoms with Crippen LogP contribution in [0, 0.1) is 0 Å². The molecule has 2 N–H and O–H groups in total. The molecular weight excluding hydrogens is 268 g/mol. The molecule has 0 aliphatic carbocycles. The zero-order chi connectivity index (χ0) is 14.5. The molecule has 7 heteroatoms. The molecule has 0 spiro atoms. The number of carbonyl (C=O) groups excluding carboxylic acids is 1. The van der Waals surface area contributed by atoms with Gasteiger partial charge >= 0.3 is 5.97 Å². The van der Waals surface area contributed by atoms with Crippen molar-refractivity contribution >= 4 is 27.4 Å². The SMILES string of the molecule is CCOC(=O)[C@@H](C)Nc1cccc(NS(C)(=O)=O)c1. The van der Waals surface area contributed by atoms with E-state index in [0.29, 0.717) is 18.0 Å². The maximum atomic E-state index is 11.5. The first-order valence-electron chi connectivity index (χ1n) is 5.83. The van der Waals surface area contributed by atoms with Gasteiger partial charge < -0.3 is 10.1 Å². The largest absolute Gasteiger partial charge is 0.464 e. The summed E-state index contributed by atoms with van der Waals surface area (Å²) in [7, 11) is -3.32. The van der Waals surface area contributed by atoms with Crippen molar-refractivity contribution in [1.82, 2.24) is 0 Å². The highest BCUT2D eigenvalue weighted by Crippen LogP contribution is 2.17. The van der Waals surface area contributed by atoms with Crippen LogP contribution in [0.3, 0.4) is 0 Å². The lowest BCUT2D eigenvalue weighted by molar-refractivity contribution is -0.143. The van der Waals surface area contributed by atoms with Gasteiger partial charge in [-0.2, -0.15) is 0 Å². The quantitative estimate of drug-likeness (QED) is 0.773. The van der Waals surface area contributed by atoms with E-state index in [0.717, 1.165) is 6.26 Å². The van der Waals surface area contributed by atoms with E-state index in [1.54, 1.807) is 38.1 Å². The van der Waals surface area contributed by atoms with Gasteiger partial charge in [-0.15, -0.1) is 0 Å². The molecule has 0 bridgehead atoms. The third-order valence-corrected chi connectivity index (χ3v) is 2.80. The lowest BCUT2D eigenvalue weighted by atomic mass is 10.2. The van der Waals surface area contributed by atoms with Crippen molar-refractivity contribution in [3.8, 4) is 0 Å². The summed E-state index contributed by atoms with van der Waals surface area (Å²) in [6.07, 6.45) is 1.08. The Bertz CT molecular complexity index is 542. The van der Waals surface area contributed by atoms with Crippen LogP contribution in [0.5, 0.6) is 0 Å². The van der Waals surface area contributed by atoms with E-state index in [-0.39, 0.29) is 5.97 Å². The summed E-state index contributed by atoms with van der Waals surface area (Å²) in [5.41, 5.74) is 1.07. The Labute approximate surface area is 113 Å². The first-order valence-corrected chi connectivity index (χ1v) is 7.72. The second-order valence-corrected chi connectivity index (χ2v) is 5.82. The van der Waals surface area contributed by atoms with Crippen LogP contribution in [0.4, 0.5) is 11.4 Å². The van der Waals surface area contributed by atoms with Crippen LogP contribution in [0.15, 0.2) is 24.3 Å². The third kappa shape index (κ3) is 5.60. The molecule has 6 nitrogen and oxygen atoms in total.